The highest BCUT2D eigenvalue weighted by atomic mass is 16.5. The van der Waals surface area contributed by atoms with E-state index in [0.29, 0.717) is 11.8 Å². The summed E-state index contributed by atoms with van der Waals surface area (Å²) >= 11 is 0. The monoisotopic (exact) mass is 196 g/mol. The number of ketones is 1. The third kappa shape index (κ3) is 1.04. The van der Waals surface area contributed by atoms with E-state index in [1.807, 2.05) is 6.92 Å². The van der Waals surface area contributed by atoms with Crippen molar-refractivity contribution in [3.05, 3.63) is 0 Å². The van der Waals surface area contributed by atoms with E-state index in [9.17, 15) is 9.59 Å². The topological polar surface area (TPSA) is 43.4 Å². The van der Waals surface area contributed by atoms with Crippen LogP contribution in [0.2, 0.25) is 0 Å². The zero-order chi connectivity index (χ0) is 10.5. The molecule has 3 nitrogen and oxygen atoms in total. The van der Waals surface area contributed by atoms with Crippen molar-refractivity contribution in [1.82, 2.24) is 0 Å². The minimum atomic E-state index is -0.203. The number of hydrogen-bond acceptors (Lipinski definition) is 3. The summed E-state index contributed by atoms with van der Waals surface area (Å²) in [4.78, 5) is 23.2. The van der Waals surface area contributed by atoms with Gasteiger partial charge in [0.05, 0.1) is 13.0 Å². The maximum Gasteiger partial charge on any atom is 0.309 e. The number of methoxy groups -OCH3 is 1. The van der Waals surface area contributed by atoms with Crippen LogP contribution in [0.5, 0.6) is 0 Å². The van der Waals surface area contributed by atoms with Gasteiger partial charge in [-0.05, 0) is 18.3 Å². The van der Waals surface area contributed by atoms with Crippen LogP contribution >= 0.6 is 0 Å². The summed E-state index contributed by atoms with van der Waals surface area (Å²) in [5.74, 6) is 0.688. The van der Waals surface area contributed by atoms with Crippen molar-refractivity contribution in [2.45, 2.75) is 20.3 Å². The Bertz CT molecular complexity index is 284. The van der Waals surface area contributed by atoms with Gasteiger partial charge in [-0.1, -0.05) is 13.8 Å². The van der Waals surface area contributed by atoms with E-state index in [1.54, 1.807) is 0 Å². The van der Waals surface area contributed by atoms with Gasteiger partial charge in [0, 0.05) is 11.8 Å². The van der Waals surface area contributed by atoms with Gasteiger partial charge in [0.2, 0.25) is 0 Å². The van der Waals surface area contributed by atoms with Gasteiger partial charge in [-0.3, -0.25) is 9.59 Å². The molecule has 78 valence electrons. The SMILES string of the molecule is COC(=O)[C@@H]1[C@@H](C)[C@H]2C[C@@H]1C(=O)[C@@H]2C. The fourth-order valence-corrected chi connectivity index (χ4v) is 3.30. The molecule has 0 saturated heterocycles. The van der Waals surface area contributed by atoms with Gasteiger partial charge in [0.15, 0.2) is 0 Å². The molecule has 0 heterocycles. The van der Waals surface area contributed by atoms with E-state index in [4.69, 9.17) is 4.74 Å². The summed E-state index contributed by atoms with van der Waals surface area (Å²) in [7, 11) is 1.40. The predicted octanol–water partition coefficient (Wildman–Crippen LogP) is 1.27. The van der Waals surface area contributed by atoms with Gasteiger partial charge in [0.25, 0.3) is 0 Å². The molecule has 0 unspecified atom stereocenters. The molecule has 2 rings (SSSR count). The Morgan fingerprint density at radius 2 is 2.07 bits per heavy atom. The second kappa shape index (κ2) is 3.07. The Morgan fingerprint density at radius 3 is 2.57 bits per heavy atom. The van der Waals surface area contributed by atoms with Crippen molar-refractivity contribution in [2.24, 2.45) is 29.6 Å². The van der Waals surface area contributed by atoms with Crippen LogP contribution in [0, 0.1) is 29.6 Å². The number of carbonyl (C=O) groups excluding carboxylic acids is 2. The average molecular weight is 196 g/mol. The lowest BCUT2D eigenvalue weighted by Gasteiger charge is -2.28. The third-order valence-corrected chi connectivity index (χ3v) is 4.13. The van der Waals surface area contributed by atoms with Crippen molar-refractivity contribution >= 4 is 11.8 Å². The van der Waals surface area contributed by atoms with Gasteiger partial charge in [-0.25, -0.2) is 0 Å². The zero-order valence-corrected chi connectivity index (χ0v) is 8.82. The summed E-state index contributed by atoms with van der Waals surface area (Å²) in [6, 6.07) is 0. The Hall–Kier alpha value is -0.860. The molecule has 0 spiro atoms. The van der Waals surface area contributed by atoms with Gasteiger partial charge in [-0.2, -0.15) is 0 Å². The number of hydrogen-bond donors (Lipinski definition) is 0. The van der Waals surface area contributed by atoms with Crippen LogP contribution in [-0.4, -0.2) is 18.9 Å². The molecule has 0 aromatic carbocycles. The van der Waals surface area contributed by atoms with Crippen LogP contribution in [-0.2, 0) is 14.3 Å². The molecule has 0 amide bonds. The average Bonchev–Trinajstić information content (AvgIpc) is 2.64. The van der Waals surface area contributed by atoms with Crippen LogP contribution in [0.4, 0.5) is 0 Å². The van der Waals surface area contributed by atoms with E-state index < -0.39 is 0 Å². The molecule has 2 bridgehead atoms. The lowest BCUT2D eigenvalue weighted by Crippen LogP contribution is -2.37. The first-order valence-electron chi connectivity index (χ1n) is 5.19. The standard InChI is InChI=1S/C11H16O3/c1-5-7-4-8(10(12)6(7)2)9(5)11(13)14-3/h5-9H,4H2,1-3H3/t5-,6+,7+,8-,9+/m0/s1. The quantitative estimate of drug-likeness (QED) is 0.593. The highest BCUT2D eigenvalue weighted by molar-refractivity contribution is 5.92. The number of Topliss-reactive ketones (excluding diaryl/α,β-unsaturated/α-hetero) is 1. The maximum atomic E-state index is 11.7. The normalized spacial score (nSPS) is 45.6. The van der Waals surface area contributed by atoms with Gasteiger partial charge >= 0.3 is 5.97 Å². The van der Waals surface area contributed by atoms with E-state index in [-0.39, 0.29) is 29.5 Å². The highest BCUT2D eigenvalue weighted by Crippen LogP contribution is 2.53. The molecule has 0 aromatic heterocycles. The van der Waals surface area contributed by atoms with E-state index in [1.165, 1.54) is 7.11 Å². The Labute approximate surface area is 83.8 Å². The minimum absolute atomic E-state index is 0.0579. The first-order chi connectivity index (χ1) is 6.57. The molecule has 5 atom stereocenters. The smallest absolute Gasteiger partial charge is 0.309 e. The fourth-order valence-electron chi connectivity index (χ4n) is 3.30. The molecule has 2 saturated carbocycles. The predicted molar refractivity (Wildman–Crippen MR) is 50.4 cm³/mol. The molecular formula is C11H16O3. The number of fused-ring (bicyclic) bond motifs is 2. The lowest BCUT2D eigenvalue weighted by molar-refractivity contribution is -0.152. The zero-order valence-electron chi connectivity index (χ0n) is 8.82. The Balaban J connectivity index is 2.24. The molecule has 2 aliphatic carbocycles. The van der Waals surface area contributed by atoms with Crippen molar-refractivity contribution in [3.63, 3.8) is 0 Å². The molecule has 0 N–H and O–H groups in total. The molecule has 2 fully saturated rings. The summed E-state index contributed by atoms with van der Waals surface area (Å²) in [6.45, 7) is 4.05. The van der Waals surface area contributed by atoms with E-state index >= 15 is 0 Å². The summed E-state index contributed by atoms with van der Waals surface area (Å²) in [6.07, 6.45) is 0.890. The molecule has 0 aliphatic heterocycles. The molecule has 0 radical (unpaired) electrons. The molecule has 3 heteroatoms. The van der Waals surface area contributed by atoms with Crippen LogP contribution in [0.3, 0.4) is 0 Å². The largest absolute Gasteiger partial charge is 0.469 e. The number of rotatable bonds is 1. The van der Waals surface area contributed by atoms with E-state index in [2.05, 4.69) is 6.92 Å². The first-order valence-corrected chi connectivity index (χ1v) is 5.19. The van der Waals surface area contributed by atoms with Gasteiger partial charge in [0.1, 0.15) is 5.78 Å². The second-order valence-corrected chi connectivity index (χ2v) is 4.61. The van der Waals surface area contributed by atoms with Crippen molar-refractivity contribution in [3.8, 4) is 0 Å². The molecule has 14 heavy (non-hydrogen) atoms. The van der Waals surface area contributed by atoms with Crippen LogP contribution in [0.1, 0.15) is 20.3 Å². The van der Waals surface area contributed by atoms with Gasteiger partial charge < -0.3 is 4.74 Å². The number of ether oxygens (including phenoxy) is 1. The number of carbonyl (C=O) groups is 2. The van der Waals surface area contributed by atoms with Gasteiger partial charge in [-0.15, -0.1) is 0 Å². The molecule has 0 aromatic rings. The highest BCUT2D eigenvalue weighted by Gasteiger charge is 2.57. The molecule has 2 aliphatic rings. The third-order valence-electron chi connectivity index (χ3n) is 4.13. The maximum absolute atomic E-state index is 11.7. The Morgan fingerprint density at radius 1 is 1.43 bits per heavy atom. The Kier molecular flexibility index (Phi) is 2.13. The van der Waals surface area contributed by atoms with Crippen molar-refractivity contribution in [1.29, 1.82) is 0 Å². The van der Waals surface area contributed by atoms with E-state index in [0.717, 1.165) is 6.42 Å². The molecular weight excluding hydrogens is 180 g/mol. The fraction of sp³-hybridized carbons (Fsp3) is 0.818. The minimum Gasteiger partial charge on any atom is -0.469 e. The summed E-state index contributed by atoms with van der Waals surface area (Å²) in [5.41, 5.74) is 0. The number of esters is 1. The second-order valence-electron chi connectivity index (χ2n) is 4.61. The summed E-state index contributed by atoms with van der Waals surface area (Å²) in [5, 5.41) is 0. The van der Waals surface area contributed by atoms with Crippen molar-refractivity contribution in [2.75, 3.05) is 7.11 Å². The van der Waals surface area contributed by atoms with Crippen LogP contribution in [0.25, 0.3) is 0 Å². The van der Waals surface area contributed by atoms with Crippen molar-refractivity contribution < 1.29 is 14.3 Å². The van der Waals surface area contributed by atoms with Crippen LogP contribution < -0.4 is 0 Å². The summed E-state index contributed by atoms with van der Waals surface area (Å²) < 4.78 is 4.75. The van der Waals surface area contributed by atoms with Crippen LogP contribution in [0.15, 0.2) is 0 Å². The lowest BCUT2D eigenvalue weighted by atomic mass is 9.75. The first kappa shape index (κ1) is 9.69.